The average molecular weight is 367 g/mol. The lowest BCUT2D eigenvalue weighted by atomic mass is 9.71. The van der Waals surface area contributed by atoms with E-state index in [1.165, 1.54) is 24.0 Å². The van der Waals surface area contributed by atoms with Crippen LogP contribution in [-0.2, 0) is 10.2 Å². The zero-order chi connectivity index (χ0) is 16.7. The fraction of sp³-hybridized carbons (Fsp3) is 0.632. The molecule has 3 aliphatic rings. The molecule has 1 amide bonds. The summed E-state index contributed by atoms with van der Waals surface area (Å²) in [6.07, 6.45) is 5.14. The van der Waals surface area contributed by atoms with Crippen LogP contribution in [0.3, 0.4) is 0 Å². The SMILES string of the molecule is CC1c2cc3c(cc2C2(CCCC2)CN1C(=O)CCN)OCCO3.Cl. The van der Waals surface area contributed by atoms with E-state index in [-0.39, 0.29) is 29.8 Å². The Kier molecular flexibility index (Phi) is 5.16. The first-order valence-corrected chi connectivity index (χ1v) is 9.08. The van der Waals surface area contributed by atoms with Crippen molar-refractivity contribution in [2.75, 3.05) is 26.3 Å². The largest absolute Gasteiger partial charge is 0.486 e. The first-order chi connectivity index (χ1) is 11.6. The molecule has 5 nitrogen and oxygen atoms in total. The highest BCUT2D eigenvalue weighted by molar-refractivity contribution is 5.85. The minimum absolute atomic E-state index is 0. The summed E-state index contributed by atoms with van der Waals surface area (Å²) < 4.78 is 11.6. The Hall–Kier alpha value is -1.46. The van der Waals surface area contributed by atoms with Crippen molar-refractivity contribution >= 4 is 18.3 Å². The third kappa shape index (κ3) is 2.97. The van der Waals surface area contributed by atoms with E-state index in [4.69, 9.17) is 15.2 Å². The number of hydrogen-bond acceptors (Lipinski definition) is 4. The van der Waals surface area contributed by atoms with Crippen molar-refractivity contribution < 1.29 is 14.3 Å². The number of benzene rings is 1. The fourth-order valence-corrected chi connectivity index (χ4v) is 4.68. The molecular formula is C19H27ClN2O3. The van der Waals surface area contributed by atoms with Crippen LogP contribution in [0, 0.1) is 0 Å². The Morgan fingerprint density at radius 2 is 1.88 bits per heavy atom. The minimum Gasteiger partial charge on any atom is -0.486 e. The van der Waals surface area contributed by atoms with Gasteiger partial charge < -0.3 is 20.1 Å². The van der Waals surface area contributed by atoms with Crippen LogP contribution in [0.2, 0.25) is 0 Å². The topological polar surface area (TPSA) is 64.8 Å². The van der Waals surface area contributed by atoms with Crippen molar-refractivity contribution in [1.29, 1.82) is 0 Å². The first kappa shape index (κ1) is 18.3. The Morgan fingerprint density at radius 1 is 1.24 bits per heavy atom. The van der Waals surface area contributed by atoms with Gasteiger partial charge in [0.25, 0.3) is 0 Å². The van der Waals surface area contributed by atoms with Gasteiger partial charge in [-0.05, 0) is 43.0 Å². The van der Waals surface area contributed by atoms with Crippen LogP contribution in [0.4, 0.5) is 0 Å². The van der Waals surface area contributed by atoms with Crippen LogP contribution in [0.25, 0.3) is 0 Å². The summed E-state index contributed by atoms with van der Waals surface area (Å²) in [7, 11) is 0. The van der Waals surface area contributed by atoms with E-state index >= 15 is 0 Å². The van der Waals surface area contributed by atoms with E-state index in [2.05, 4.69) is 19.1 Å². The van der Waals surface area contributed by atoms with Crippen molar-refractivity contribution in [3.8, 4) is 11.5 Å². The number of carbonyl (C=O) groups is 1. The number of hydrogen-bond donors (Lipinski definition) is 1. The maximum Gasteiger partial charge on any atom is 0.224 e. The van der Waals surface area contributed by atoms with Crippen LogP contribution in [0.1, 0.15) is 56.2 Å². The normalized spacial score (nSPS) is 23.1. The van der Waals surface area contributed by atoms with Crippen molar-refractivity contribution in [1.82, 2.24) is 4.90 Å². The number of carbonyl (C=O) groups excluding carboxylic acids is 1. The van der Waals surface area contributed by atoms with Crippen LogP contribution in [-0.4, -0.2) is 37.1 Å². The summed E-state index contributed by atoms with van der Waals surface area (Å²) in [5.41, 5.74) is 8.29. The third-order valence-electron chi connectivity index (χ3n) is 5.92. The summed E-state index contributed by atoms with van der Waals surface area (Å²) in [6.45, 7) is 4.52. The van der Waals surface area contributed by atoms with Gasteiger partial charge in [-0.3, -0.25) is 4.79 Å². The molecule has 0 bridgehead atoms. The molecule has 0 aromatic heterocycles. The Morgan fingerprint density at radius 3 is 2.52 bits per heavy atom. The molecule has 1 aromatic rings. The molecule has 0 saturated heterocycles. The number of rotatable bonds is 2. The molecule has 138 valence electrons. The fourth-order valence-electron chi connectivity index (χ4n) is 4.68. The summed E-state index contributed by atoms with van der Waals surface area (Å²) >= 11 is 0. The molecule has 6 heteroatoms. The Bertz CT molecular complexity index is 658. The molecule has 2 N–H and O–H groups in total. The second-order valence-corrected chi connectivity index (χ2v) is 7.31. The maximum atomic E-state index is 12.6. The van der Waals surface area contributed by atoms with E-state index in [0.29, 0.717) is 26.2 Å². The highest BCUT2D eigenvalue weighted by Gasteiger charge is 2.46. The summed E-state index contributed by atoms with van der Waals surface area (Å²) in [5, 5.41) is 0. The van der Waals surface area contributed by atoms with Gasteiger partial charge in [0.05, 0.1) is 6.04 Å². The van der Waals surface area contributed by atoms with Crippen molar-refractivity contribution in [3.63, 3.8) is 0 Å². The quantitative estimate of drug-likeness (QED) is 0.874. The second kappa shape index (κ2) is 7.04. The summed E-state index contributed by atoms with van der Waals surface area (Å²) in [4.78, 5) is 14.7. The number of ether oxygens (including phenoxy) is 2. The summed E-state index contributed by atoms with van der Waals surface area (Å²) in [6, 6.07) is 4.36. The summed E-state index contributed by atoms with van der Waals surface area (Å²) in [5.74, 6) is 1.84. The van der Waals surface area contributed by atoms with Crippen molar-refractivity contribution in [2.45, 2.75) is 50.5 Å². The zero-order valence-corrected chi connectivity index (χ0v) is 15.6. The van der Waals surface area contributed by atoms with Gasteiger partial charge in [-0.2, -0.15) is 0 Å². The predicted octanol–water partition coefficient (Wildman–Crippen LogP) is 2.94. The Labute approximate surface area is 155 Å². The van der Waals surface area contributed by atoms with Gasteiger partial charge in [-0.1, -0.05) is 12.8 Å². The van der Waals surface area contributed by atoms with Gasteiger partial charge >= 0.3 is 0 Å². The molecule has 2 aliphatic heterocycles. The zero-order valence-electron chi connectivity index (χ0n) is 14.8. The lowest BCUT2D eigenvalue weighted by Gasteiger charge is -2.46. The predicted molar refractivity (Wildman–Crippen MR) is 98.6 cm³/mol. The molecule has 1 saturated carbocycles. The van der Waals surface area contributed by atoms with Gasteiger partial charge in [-0.15, -0.1) is 12.4 Å². The van der Waals surface area contributed by atoms with E-state index in [9.17, 15) is 4.79 Å². The Balaban J connectivity index is 0.00000182. The molecule has 1 fully saturated rings. The first-order valence-electron chi connectivity index (χ1n) is 9.08. The van der Waals surface area contributed by atoms with Crippen molar-refractivity contribution in [3.05, 3.63) is 23.3 Å². The highest BCUT2D eigenvalue weighted by atomic mass is 35.5. The van der Waals surface area contributed by atoms with Crippen LogP contribution < -0.4 is 15.2 Å². The number of amides is 1. The number of fused-ring (bicyclic) bond motifs is 3. The molecular weight excluding hydrogens is 340 g/mol. The van der Waals surface area contributed by atoms with Gasteiger partial charge in [0, 0.05) is 24.9 Å². The molecule has 4 rings (SSSR count). The molecule has 1 aromatic carbocycles. The van der Waals surface area contributed by atoms with Crippen molar-refractivity contribution in [2.24, 2.45) is 5.73 Å². The van der Waals surface area contributed by atoms with E-state index in [0.717, 1.165) is 30.9 Å². The van der Waals surface area contributed by atoms with Gasteiger partial charge in [-0.25, -0.2) is 0 Å². The monoisotopic (exact) mass is 366 g/mol. The molecule has 25 heavy (non-hydrogen) atoms. The van der Waals surface area contributed by atoms with E-state index in [1.54, 1.807) is 0 Å². The minimum atomic E-state index is 0. The molecule has 1 unspecified atom stereocenters. The number of halogens is 1. The van der Waals surface area contributed by atoms with E-state index in [1.807, 2.05) is 4.90 Å². The highest BCUT2D eigenvalue weighted by Crippen LogP contribution is 2.51. The lowest BCUT2D eigenvalue weighted by molar-refractivity contribution is -0.135. The van der Waals surface area contributed by atoms with Crippen LogP contribution >= 0.6 is 12.4 Å². The molecule has 0 radical (unpaired) electrons. The second-order valence-electron chi connectivity index (χ2n) is 7.31. The number of nitrogens with zero attached hydrogens (tertiary/aromatic N) is 1. The smallest absolute Gasteiger partial charge is 0.224 e. The molecule has 1 atom stereocenters. The molecule has 1 spiro atoms. The van der Waals surface area contributed by atoms with Crippen LogP contribution in [0.15, 0.2) is 12.1 Å². The molecule has 1 aliphatic carbocycles. The maximum absolute atomic E-state index is 12.6. The van der Waals surface area contributed by atoms with Crippen LogP contribution in [0.5, 0.6) is 11.5 Å². The van der Waals surface area contributed by atoms with E-state index < -0.39 is 0 Å². The molecule has 2 heterocycles. The lowest BCUT2D eigenvalue weighted by Crippen LogP contribution is -2.49. The number of nitrogens with two attached hydrogens (primary N) is 1. The standard InChI is InChI=1S/C19H26N2O3.ClH/c1-13-14-10-16-17(24-9-8-23-16)11-15(14)19(5-2-3-6-19)12-21(13)18(22)4-7-20;/h10-11,13H,2-9,12,20H2,1H3;1H. The average Bonchev–Trinajstić information content (AvgIpc) is 3.06. The van der Waals surface area contributed by atoms with Gasteiger partial charge in [0.2, 0.25) is 5.91 Å². The third-order valence-corrected chi connectivity index (χ3v) is 5.92. The van der Waals surface area contributed by atoms with Gasteiger partial charge in [0.1, 0.15) is 13.2 Å². The van der Waals surface area contributed by atoms with Gasteiger partial charge in [0.15, 0.2) is 11.5 Å².